The molecule has 11 nitrogen and oxygen atoms in total. The Hall–Kier alpha value is -2.87. The van der Waals surface area contributed by atoms with Gasteiger partial charge in [-0.3, -0.25) is 4.79 Å². The molecule has 4 fully saturated rings. The van der Waals surface area contributed by atoms with Gasteiger partial charge in [-0.1, -0.05) is 49.2 Å². The van der Waals surface area contributed by atoms with Crippen molar-refractivity contribution in [1.29, 1.82) is 0 Å². The van der Waals surface area contributed by atoms with E-state index in [1.165, 1.54) is 50.9 Å². The molecule has 1 aromatic heterocycles. The number of nitrogens with one attached hydrogen (secondary N) is 2. The van der Waals surface area contributed by atoms with Gasteiger partial charge in [-0.2, -0.15) is 0 Å². The summed E-state index contributed by atoms with van der Waals surface area (Å²) in [5.41, 5.74) is 0.770. The first-order chi connectivity index (χ1) is 25.9. The third-order valence-corrected chi connectivity index (χ3v) is 12.0. The van der Waals surface area contributed by atoms with Gasteiger partial charge in [0, 0.05) is 76.2 Å². The summed E-state index contributed by atoms with van der Waals surface area (Å²) in [5, 5.41) is 36.5. The second-order valence-corrected chi connectivity index (χ2v) is 15.6. The van der Waals surface area contributed by atoms with Gasteiger partial charge in [0.1, 0.15) is 24.0 Å². The van der Waals surface area contributed by atoms with Crippen LogP contribution in [0, 0.1) is 11.8 Å². The van der Waals surface area contributed by atoms with Gasteiger partial charge in [0.25, 0.3) is 0 Å². The van der Waals surface area contributed by atoms with Gasteiger partial charge < -0.3 is 49.1 Å². The summed E-state index contributed by atoms with van der Waals surface area (Å²) in [7, 11) is 0. The molecule has 0 radical (unpaired) electrons. The smallest absolute Gasteiger partial charge is 0.248 e. The molecule has 3 saturated heterocycles. The normalized spacial score (nSPS) is 23.4. The van der Waals surface area contributed by atoms with Gasteiger partial charge in [-0.25, -0.2) is 0 Å². The highest BCUT2D eigenvalue weighted by atomic mass is 16.5. The highest BCUT2D eigenvalue weighted by molar-refractivity contribution is 5.87. The van der Waals surface area contributed by atoms with Crippen LogP contribution in [0.25, 0.3) is 10.9 Å². The molecule has 0 amide bonds. The molecule has 1 unspecified atom stereocenters. The van der Waals surface area contributed by atoms with Gasteiger partial charge in [0.2, 0.25) is 5.56 Å². The molecule has 3 aromatic rings. The van der Waals surface area contributed by atoms with E-state index in [9.17, 15) is 20.1 Å². The van der Waals surface area contributed by atoms with E-state index in [1.54, 1.807) is 12.1 Å². The van der Waals surface area contributed by atoms with Crippen LogP contribution < -0.4 is 10.9 Å². The summed E-state index contributed by atoms with van der Waals surface area (Å²) < 4.78 is 25.3. The van der Waals surface area contributed by atoms with E-state index in [2.05, 4.69) is 22.4 Å². The van der Waals surface area contributed by atoms with Gasteiger partial charge in [0.05, 0.1) is 51.1 Å². The molecule has 2 bridgehead atoms. The van der Waals surface area contributed by atoms with Crippen molar-refractivity contribution in [2.75, 3.05) is 85.5 Å². The Kier molecular flexibility index (Phi) is 14.8. The molecule has 1 aliphatic carbocycles. The molecule has 5 N–H and O–H groups in total. The molecular weight excluding hydrogens is 674 g/mol. The van der Waals surface area contributed by atoms with E-state index in [0.29, 0.717) is 75.1 Å². The van der Waals surface area contributed by atoms with Crippen molar-refractivity contribution < 1.29 is 38.8 Å². The Morgan fingerprint density at radius 2 is 1.53 bits per heavy atom. The van der Waals surface area contributed by atoms with Crippen LogP contribution in [0.5, 0.6) is 5.75 Å². The van der Waals surface area contributed by atoms with E-state index in [4.69, 9.17) is 18.9 Å². The number of fused-ring (bicyclic) bond motifs is 4. The summed E-state index contributed by atoms with van der Waals surface area (Å²) in [6.07, 6.45) is 9.16. The van der Waals surface area contributed by atoms with Gasteiger partial charge in [-0.05, 0) is 54.9 Å². The van der Waals surface area contributed by atoms with Crippen LogP contribution >= 0.6 is 0 Å². The molecule has 292 valence electrons. The predicted octanol–water partition coefficient (Wildman–Crippen LogP) is 4.78. The molecule has 4 aliphatic rings. The Bertz CT molecular complexity index is 1590. The Balaban J connectivity index is 0.770. The zero-order valence-corrected chi connectivity index (χ0v) is 31.4. The number of rotatable bonds is 23. The van der Waals surface area contributed by atoms with E-state index in [-0.39, 0.29) is 23.3 Å². The summed E-state index contributed by atoms with van der Waals surface area (Å²) in [6, 6.07) is 16.4. The summed E-state index contributed by atoms with van der Waals surface area (Å²) >= 11 is 0. The van der Waals surface area contributed by atoms with E-state index in [0.717, 1.165) is 61.8 Å². The standard InChI is InChI=1S/C42H61N3O8/c46-37-15-13-35(36-14-16-40(48)44-41(36)37)38(47)29-43-19-28-52-27-8-26-51-25-7-24-50-23-6-20-45-21-17-32(18-22-45)39(30-45)53-31-42(49,34-11-4-5-12-34)33-9-2-1-3-10-33/h1-3,9-10,13-16,32,34,38-39,43,47,49H,4-8,11-12,17-31H2,(H-,44,46,48)/p+1/t32?,38-,39-,42?,45?/m0/s1. The van der Waals surface area contributed by atoms with Crippen LogP contribution in [0.2, 0.25) is 0 Å². The number of aromatic amines is 1. The lowest BCUT2D eigenvalue weighted by molar-refractivity contribution is -0.946. The third kappa shape index (κ3) is 10.7. The van der Waals surface area contributed by atoms with E-state index in [1.807, 2.05) is 18.2 Å². The highest BCUT2D eigenvalue weighted by Crippen LogP contribution is 2.42. The minimum atomic E-state index is -0.898. The maximum atomic E-state index is 12.0. The van der Waals surface area contributed by atoms with Crippen molar-refractivity contribution in [3.05, 3.63) is 76.1 Å². The van der Waals surface area contributed by atoms with E-state index < -0.39 is 11.7 Å². The number of phenolic OH excluding ortho intramolecular Hbond substituents is 1. The molecule has 4 heterocycles. The molecular formula is C42H62N3O8+. The molecule has 3 atom stereocenters. The number of phenols is 1. The number of aliphatic hydroxyl groups excluding tert-OH is 1. The maximum Gasteiger partial charge on any atom is 0.248 e. The van der Waals surface area contributed by atoms with Crippen molar-refractivity contribution in [3.8, 4) is 5.75 Å². The zero-order chi connectivity index (χ0) is 36.9. The fourth-order valence-corrected chi connectivity index (χ4v) is 8.90. The maximum absolute atomic E-state index is 12.0. The SMILES string of the molecule is O=c1ccc2c([C@@H](O)CNCCOCCCOCCCOCCC[N+]34CCC(CC3)[C@@H](OCC(O)(c3ccccc3)C3CCCC3)C4)ccc(O)c2[nH]1. The highest BCUT2D eigenvalue weighted by Gasteiger charge is 2.48. The fraction of sp³-hybridized carbons (Fsp3) is 0.643. The van der Waals surface area contributed by atoms with Gasteiger partial charge >= 0.3 is 0 Å². The summed E-state index contributed by atoms with van der Waals surface area (Å²) in [5.74, 6) is 0.861. The van der Waals surface area contributed by atoms with Crippen LogP contribution in [0.4, 0.5) is 0 Å². The molecule has 3 aliphatic heterocycles. The van der Waals surface area contributed by atoms with Crippen LogP contribution in [-0.2, 0) is 24.5 Å². The average molecular weight is 737 g/mol. The number of aromatic hydroxyl groups is 1. The molecule has 1 saturated carbocycles. The van der Waals surface area contributed by atoms with Crippen molar-refractivity contribution in [2.45, 2.75) is 75.6 Å². The Morgan fingerprint density at radius 1 is 0.849 bits per heavy atom. The number of aliphatic hydroxyl groups is 2. The molecule has 2 aromatic carbocycles. The molecule has 0 spiro atoms. The summed E-state index contributed by atoms with van der Waals surface area (Å²) in [4.78, 5) is 14.2. The zero-order valence-electron chi connectivity index (χ0n) is 31.4. The monoisotopic (exact) mass is 736 g/mol. The Morgan fingerprint density at radius 3 is 2.25 bits per heavy atom. The second kappa shape index (κ2) is 19.6. The quantitative estimate of drug-likeness (QED) is 0.0687. The lowest BCUT2D eigenvalue weighted by Crippen LogP contribution is -2.64. The first kappa shape index (κ1) is 39.8. The number of benzene rings is 2. The average Bonchev–Trinajstić information content (AvgIpc) is 3.74. The minimum Gasteiger partial charge on any atom is -0.506 e. The number of hydrogen-bond acceptors (Lipinski definition) is 9. The number of nitrogens with zero attached hydrogens (tertiary/aromatic N) is 1. The number of hydrogen-bond donors (Lipinski definition) is 5. The van der Waals surface area contributed by atoms with Crippen LogP contribution in [-0.4, -0.2) is 116 Å². The lowest BCUT2D eigenvalue weighted by atomic mass is 9.80. The Labute approximate surface area is 314 Å². The molecule has 7 rings (SSSR count). The van der Waals surface area contributed by atoms with Gasteiger partial charge in [0.15, 0.2) is 0 Å². The number of pyridine rings is 1. The van der Waals surface area contributed by atoms with Crippen molar-refractivity contribution in [3.63, 3.8) is 0 Å². The predicted molar refractivity (Wildman–Crippen MR) is 205 cm³/mol. The number of quaternary nitrogens is 1. The van der Waals surface area contributed by atoms with Crippen LogP contribution in [0.1, 0.15) is 75.0 Å². The number of ether oxygens (including phenoxy) is 4. The van der Waals surface area contributed by atoms with Crippen molar-refractivity contribution in [2.24, 2.45) is 11.8 Å². The van der Waals surface area contributed by atoms with Crippen LogP contribution in [0.15, 0.2) is 59.4 Å². The van der Waals surface area contributed by atoms with E-state index >= 15 is 0 Å². The molecule has 11 heteroatoms. The lowest BCUT2D eigenvalue weighted by Gasteiger charge is -2.53. The minimum absolute atomic E-state index is 0.0238. The molecule has 53 heavy (non-hydrogen) atoms. The number of piperidine rings is 3. The fourth-order valence-electron chi connectivity index (χ4n) is 8.90. The topological polar surface area (TPSA) is 143 Å². The van der Waals surface area contributed by atoms with Crippen molar-refractivity contribution in [1.82, 2.24) is 10.3 Å². The largest absolute Gasteiger partial charge is 0.506 e. The van der Waals surface area contributed by atoms with Gasteiger partial charge in [-0.15, -0.1) is 0 Å². The third-order valence-electron chi connectivity index (χ3n) is 12.0. The van der Waals surface area contributed by atoms with Crippen molar-refractivity contribution >= 4 is 10.9 Å². The number of aromatic nitrogens is 1. The first-order valence-electron chi connectivity index (χ1n) is 20.1. The first-order valence-corrected chi connectivity index (χ1v) is 20.1. The summed E-state index contributed by atoms with van der Waals surface area (Å²) in [6.45, 7) is 9.91. The number of H-pyrrole nitrogens is 1. The second-order valence-electron chi connectivity index (χ2n) is 15.6. The van der Waals surface area contributed by atoms with Crippen LogP contribution in [0.3, 0.4) is 0 Å².